The summed E-state index contributed by atoms with van der Waals surface area (Å²) in [6, 6.07) is 5.75. The lowest BCUT2D eigenvalue weighted by molar-refractivity contribution is -0.208. The van der Waals surface area contributed by atoms with Crippen LogP contribution < -0.4 is 10.6 Å². The molecule has 0 saturated carbocycles. The van der Waals surface area contributed by atoms with E-state index in [2.05, 4.69) is 10.6 Å². The quantitative estimate of drug-likeness (QED) is 0.592. The number of nitrogens with one attached hydrogen (secondary N) is 2. The largest absolute Gasteiger partial charge is 0.388 e. The second-order valence-corrected chi connectivity index (χ2v) is 6.96. The number of carbonyl (C=O) groups is 3. The van der Waals surface area contributed by atoms with Gasteiger partial charge in [-0.25, -0.2) is 0 Å². The number of aliphatic hydroxyl groups excluding tert-OH is 1. The first-order valence-corrected chi connectivity index (χ1v) is 9.06. The van der Waals surface area contributed by atoms with Crippen molar-refractivity contribution in [2.75, 3.05) is 11.9 Å². The van der Waals surface area contributed by atoms with E-state index in [1.165, 1.54) is 13.8 Å². The van der Waals surface area contributed by atoms with Crippen LogP contribution in [0.2, 0.25) is 0 Å². The Morgan fingerprint density at radius 1 is 1.21 bits per heavy atom. The fraction of sp³-hybridized carbons (Fsp3) is 0.526. The standard InChI is InChI=1S/C19H24N2O7/c1-9(22)12-4-6-13(7-5-12)21-18(25)10(2)27-17-15(20-11(3)23)19-26-8-14(28-19)16(17)24/h4-7,10,14-17,19,24H,8H2,1-3H3,(H,20,23)(H,21,25)/t10-,14-,15-,16-,17+,19-/m1/s1. The van der Waals surface area contributed by atoms with Crippen LogP contribution in [0.15, 0.2) is 24.3 Å². The van der Waals surface area contributed by atoms with Gasteiger partial charge in [-0.15, -0.1) is 0 Å². The van der Waals surface area contributed by atoms with Gasteiger partial charge in [0.2, 0.25) is 5.91 Å². The van der Waals surface area contributed by atoms with Gasteiger partial charge in [-0.1, -0.05) is 0 Å². The van der Waals surface area contributed by atoms with E-state index in [1.54, 1.807) is 31.2 Å². The lowest BCUT2D eigenvalue weighted by Gasteiger charge is -2.39. The molecule has 3 N–H and O–H groups in total. The lowest BCUT2D eigenvalue weighted by atomic mass is 9.98. The summed E-state index contributed by atoms with van der Waals surface area (Å²) < 4.78 is 16.8. The number of anilines is 1. The molecular formula is C19H24N2O7. The number of carbonyl (C=O) groups excluding carboxylic acids is 3. The maximum atomic E-state index is 12.5. The summed E-state index contributed by atoms with van der Waals surface area (Å²) in [5, 5.41) is 15.9. The Hall–Kier alpha value is -2.33. The summed E-state index contributed by atoms with van der Waals surface area (Å²) in [6.45, 7) is 4.54. The topological polar surface area (TPSA) is 123 Å². The number of fused-ring (bicyclic) bond motifs is 2. The molecule has 2 heterocycles. The van der Waals surface area contributed by atoms with Crippen LogP contribution in [0.5, 0.6) is 0 Å². The SMILES string of the molecule is CC(=O)N[C@H]1[C@@H]2OC[C@@H](O2)[C@@H](O)[C@H]1O[C@H](C)C(=O)Nc1ccc(C(C)=O)cc1. The molecule has 2 fully saturated rings. The molecule has 0 aromatic heterocycles. The third kappa shape index (κ3) is 4.39. The molecule has 1 aromatic rings. The number of Topliss-reactive ketones (excluding diaryl/α,β-unsaturated/α-hetero) is 1. The first kappa shape index (κ1) is 20.4. The minimum Gasteiger partial charge on any atom is -0.388 e. The van der Waals surface area contributed by atoms with Crippen molar-refractivity contribution < 1.29 is 33.7 Å². The highest BCUT2D eigenvalue weighted by molar-refractivity contribution is 5.96. The van der Waals surface area contributed by atoms with E-state index in [-0.39, 0.29) is 18.3 Å². The highest BCUT2D eigenvalue weighted by atomic mass is 16.7. The average Bonchev–Trinajstić information content (AvgIpc) is 3.09. The van der Waals surface area contributed by atoms with Crippen molar-refractivity contribution in [3.63, 3.8) is 0 Å². The van der Waals surface area contributed by atoms with Crippen molar-refractivity contribution in [1.82, 2.24) is 5.32 Å². The number of ether oxygens (including phenoxy) is 3. The van der Waals surface area contributed by atoms with Gasteiger partial charge in [-0.3, -0.25) is 14.4 Å². The minimum absolute atomic E-state index is 0.0658. The van der Waals surface area contributed by atoms with E-state index in [9.17, 15) is 19.5 Å². The summed E-state index contributed by atoms with van der Waals surface area (Å²) in [6.07, 6.45) is -4.15. The molecule has 0 unspecified atom stereocenters. The van der Waals surface area contributed by atoms with Gasteiger partial charge in [0, 0.05) is 18.2 Å². The fourth-order valence-corrected chi connectivity index (χ4v) is 3.27. The Bertz CT molecular complexity index is 751. The zero-order chi connectivity index (χ0) is 20.4. The molecule has 2 aliphatic rings. The molecule has 2 bridgehead atoms. The number of ketones is 1. The van der Waals surface area contributed by atoms with Gasteiger partial charge in [0.25, 0.3) is 5.91 Å². The Kier molecular flexibility index (Phi) is 6.09. The van der Waals surface area contributed by atoms with Gasteiger partial charge in [-0.2, -0.15) is 0 Å². The van der Waals surface area contributed by atoms with Crippen molar-refractivity contribution in [2.24, 2.45) is 0 Å². The van der Waals surface area contributed by atoms with Crippen molar-refractivity contribution >= 4 is 23.3 Å². The van der Waals surface area contributed by atoms with Crippen LogP contribution in [0.4, 0.5) is 5.69 Å². The second-order valence-electron chi connectivity index (χ2n) is 6.96. The molecule has 2 aliphatic heterocycles. The van der Waals surface area contributed by atoms with Gasteiger partial charge in [-0.05, 0) is 38.1 Å². The van der Waals surface area contributed by atoms with E-state index in [4.69, 9.17) is 14.2 Å². The summed E-state index contributed by atoms with van der Waals surface area (Å²) in [4.78, 5) is 35.3. The Labute approximate surface area is 162 Å². The van der Waals surface area contributed by atoms with Crippen LogP contribution in [0, 0.1) is 0 Å². The third-order valence-corrected chi connectivity index (χ3v) is 4.76. The number of rotatable bonds is 6. The highest BCUT2D eigenvalue weighted by Gasteiger charge is 2.51. The predicted octanol–water partition coefficient (Wildman–Crippen LogP) is 0.222. The normalized spacial score (nSPS) is 29.8. The first-order valence-electron chi connectivity index (χ1n) is 9.06. The van der Waals surface area contributed by atoms with Gasteiger partial charge in [0.15, 0.2) is 12.1 Å². The third-order valence-electron chi connectivity index (χ3n) is 4.76. The monoisotopic (exact) mass is 392 g/mol. The first-order chi connectivity index (χ1) is 13.3. The molecule has 6 atom stereocenters. The molecular weight excluding hydrogens is 368 g/mol. The Morgan fingerprint density at radius 2 is 1.89 bits per heavy atom. The van der Waals surface area contributed by atoms with Crippen LogP contribution >= 0.6 is 0 Å². The van der Waals surface area contributed by atoms with Crippen LogP contribution in [-0.4, -0.2) is 66.1 Å². The molecule has 152 valence electrons. The zero-order valence-corrected chi connectivity index (χ0v) is 15.9. The van der Waals surface area contributed by atoms with E-state index < -0.39 is 42.7 Å². The fourth-order valence-electron chi connectivity index (χ4n) is 3.27. The number of hydrogen-bond donors (Lipinski definition) is 3. The summed E-state index contributed by atoms with van der Waals surface area (Å²) >= 11 is 0. The van der Waals surface area contributed by atoms with Crippen molar-refractivity contribution in [2.45, 2.75) is 57.5 Å². The van der Waals surface area contributed by atoms with E-state index in [0.29, 0.717) is 11.3 Å². The van der Waals surface area contributed by atoms with Crippen LogP contribution in [-0.2, 0) is 23.8 Å². The molecule has 3 rings (SSSR count). The van der Waals surface area contributed by atoms with Crippen molar-refractivity contribution in [3.05, 3.63) is 29.8 Å². The zero-order valence-electron chi connectivity index (χ0n) is 15.9. The van der Waals surface area contributed by atoms with Crippen LogP contribution in [0.25, 0.3) is 0 Å². The molecule has 9 nitrogen and oxygen atoms in total. The van der Waals surface area contributed by atoms with Gasteiger partial charge in [0.1, 0.15) is 30.5 Å². The summed E-state index contributed by atoms with van der Waals surface area (Å²) in [7, 11) is 0. The summed E-state index contributed by atoms with van der Waals surface area (Å²) in [5.41, 5.74) is 1.06. The number of benzene rings is 1. The summed E-state index contributed by atoms with van der Waals surface area (Å²) in [5.74, 6) is -0.820. The van der Waals surface area contributed by atoms with E-state index >= 15 is 0 Å². The predicted molar refractivity (Wildman–Crippen MR) is 97.6 cm³/mol. The molecule has 0 aliphatic carbocycles. The maximum absolute atomic E-state index is 12.5. The second kappa shape index (κ2) is 8.36. The van der Waals surface area contributed by atoms with Gasteiger partial charge in [0.05, 0.1) is 6.61 Å². The van der Waals surface area contributed by atoms with Crippen LogP contribution in [0.1, 0.15) is 31.1 Å². The van der Waals surface area contributed by atoms with Crippen molar-refractivity contribution in [1.29, 1.82) is 0 Å². The molecule has 28 heavy (non-hydrogen) atoms. The maximum Gasteiger partial charge on any atom is 0.253 e. The molecule has 1 aromatic carbocycles. The van der Waals surface area contributed by atoms with Crippen molar-refractivity contribution in [3.8, 4) is 0 Å². The smallest absolute Gasteiger partial charge is 0.253 e. The molecule has 2 amide bonds. The highest BCUT2D eigenvalue weighted by Crippen LogP contribution is 2.30. The minimum atomic E-state index is -1.05. The molecule has 9 heteroatoms. The van der Waals surface area contributed by atoms with Gasteiger partial charge >= 0.3 is 0 Å². The van der Waals surface area contributed by atoms with E-state index in [1.807, 2.05) is 0 Å². The Morgan fingerprint density at radius 3 is 2.50 bits per heavy atom. The van der Waals surface area contributed by atoms with Crippen LogP contribution in [0.3, 0.4) is 0 Å². The number of hydrogen-bond acceptors (Lipinski definition) is 7. The number of amides is 2. The molecule has 0 spiro atoms. The lowest BCUT2D eigenvalue weighted by Crippen LogP contribution is -2.62. The van der Waals surface area contributed by atoms with Gasteiger partial charge < -0.3 is 30.0 Å². The van der Waals surface area contributed by atoms with E-state index in [0.717, 1.165) is 0 Å². The number of aliphatic hydroxyl groups is 1. The average molecular weight is 392 g/mol. The molecule has 2 saturated heterocycles. The molecule has 0 radical (unpaired) electrons. The Balaban J connectivity index is 1.65.